The number of nitrogens with zero attached hydrogens (tertiary/aromatic N) is 5. The van der Waals surface area contributed by atoms with Gasteiger partial charge < -0.3 is 9.30 Å². The number of hydrogen-bond acceptors (Lipinski definition) is 5. The van der Waals surface area contributed by atoms with E-state index >= 15 is 0 Å². The fourth-order valence-electron chi connectivity index (χ4n) is 4.16. The number of anilines is 1. The minimum absolute atomic E-state index is 0.194. The summed E-state index contributed by atoms with van der Waals surface area (Å²) >= 11 is 0. The van der Waals surface area contributed by atoms with E-state index in [0.29, 0.717) is 22.7 Å². The van der Waals surface area contributed by atoms with Crippen molar-refractivity contribution in [2.45, 2.75) is 19.9 Å². The average Bonchev–Trinajstić information content (AvgIpc) is 3.40. The first-order valence-corrected chi connectivity index (χ1v) is 10.8. The molecule has 1 aliphatic rings. The molecule has 0 radical (unpaired) electrons. The van der Waals surface area contributed by atoms with E-state index in [0.717, 1.165) is 22.5 Å². The van der Waals surface area contributed by atoms with Crippen LogP contribution in [-0.4, -0.2) is 32.8 Å². The van der Waals surface area contributed by atoms with E-state index in [1.165, 1.54) is 12.1 Å². The maximum absolute atomic E-state index is 13.6. The van der Waals surface area contributed by atoms with Crippen LogP contribution < -0.4 is 9.64 Å². The fraction of sp³-hybridized carbons (Fsp3) is 0.154. The largest absolute Gasteiger partial charge is 0.495 e. The van der Waals surface area contributed by atoms with Crippen molar-refractivity contribution in [1.29, 1.82) is 0 Å². The van der Waals surface area contributed by atoms with E-state index in [1.807, 2.05) is 48.9 Å². The predicted octanol–water partition coefficient (Wildman–Crippen LogP) is 4.77. The van der Waals surface area contributed by atoms with E-state index in [2.05, 4.69) is 15.2 Å². The molecule has 1 atom stereocenters. The zero-order chi connectivity index (χ0) is 23.8. The molecule has 4 aromatic rings. The number of aromatic nitrogens is 4. The van der Waals surface area contributed by atoms with Crippen LogP contribution in [0.1, 0.15) is 35.3 Å². The van der Waals surface area contributed by atoms with Gasteiger partial charge in [-0.05, 0) is 61.4 Å². The van der Waals surface area contributed by atoms with Crippen LogP contribution in [0.25, 0.3) is 17.3 Å². The second-order valence-corrected chi connectivity index (χ2v) is 8.08. The predicted molar refractivity (Wildman–Crippen MR) is 127 cm³/mol. The van der Waals surface area contributed by atoms with Gasteiger partial charge >= 0.3 is 0 Å². The summed E-state index contributed by atoms with van der Waals surface area (Å²) in [5.74, 6) is 0.614. The standard InChI is InChI=1S/C26H22FN5O2/c1-16-14-31(15-28-16)23-9-4-18(13-24(23)34-3)12-22-21-10-11-29-30-25(21)32(26(22)33)17(2)19-5-7-20(27)8-6-19/h4-15,17H,1-3H3. The molecule has 170 valence electrons. The van der Waals surface area contributed by atoms with Crippen LogP contribution in [0.3, 0.4) is 0 Å². The van der Waals surface area contributed by atoms with Gasteiger partial charge in [-0.15, -0.1) is 5.10 Å². The molecule has 0 N–H and O–H groups in total. The number of aryl methyl sites for hydroxylation is 1. The highest BCUT2D eigenvalue weighted by molar-refractivity contribution is 6.35. The molecule has 8 heteroatoms. The Kier molecular flexibility index (Phi) is 5.41. The monoisotopic (exact) mass is 455 g/mol. The normalized spacial score (nSPS) is 15.0. The van der Waals surface area contributed by atoms with Crippen LogP contribution in [0.4, 0.5) is 10.2 Å². The number of halogens is 1. The molecule has 0 aliphatic carbocycles. The van der Waals surface area contributed by atoms with Crippen molar-refractivity contribution in [3.8, 4) is 11.4 Å². The number of benzene rings is 2. The summed E-state index contributed by atoms with van der Waals surface area (Å²) in [6.45, 7) is 3.81. The smallest absolute Gasteiger partial charge is 0.260 e. The van der Waals surface area contributed by atoms with E-state index in [-0.39, 0.29) is 17.8 Å². The van der Waals surface area contributed by atoms with Crippen LogP contribution in [0.5, 0.6) is 5.75 Å². The summed E-state index contributed by atoms with van der Waals surface area (Å²) in [7, 11) is 1.61. The molecular formula is C26H22FN5O2. The average molecular weight is 455 g/mol. The van der Waals surface area contributed by atoms with Gasteiger partial charge in [-0.25, -0.2) is 9.37 Å². The first kappa shape index (κ1) is 21.5. The van der Waals surface area contributed by atoms with Gasteiger partial charge in [-0.2, -0.15) is 5.10 Å². The lowest BCUT2D eigenvalue weighted by Gasteiger charge is -2.24. The number of ether oxygens (including phenoxy) is 1. The Hall–Kier alpha value is -4.33. The summed E-state index contributed by atoms with van der Waals surface area (Å²) in [6, 6.07) is 13.3. The SMILES string of the molecule is COc1cc(C=C2C(=O)N(C(C)c3ccc(F)cc3)c3nnccc32)ccc1-n1cnc(C)c1. The fourth-order valence-corrected chi connectivity index (χ4v) is 4.16. The summed E-state index contributed by atoms with van der Waals surface area (Å²) in [5, 5.41) is 8.23. The molecule has 0 bridgehead atoms. The number of carbonyl (C=O) groups excluding carboxylic acids is 1. The first-order valence-electron chi connectivity index (χ1n) is 10.8. The van der Waals surface area contributed by atoms with Gasteiger partial charge in [0.25, 0.3) is 5.91 Å². The number of hydrogen-bond donors (Lipinski definition) is 0. The van der Waals surface area contributed by atoms with Gasteiger partial charge in [0, 0.05) is 11.8 Å². The second kappa shape index (κ2) is 8.55. The van der Waals surface area contributed by atoms with Crippen molar-refractivity contribution >= 4 is 23.4 Å². The molecule has 0 saturated carbocycles. The Morgan fingerprint density at radius 1 is 1.12 bits per heavy atom. The minimum Gasteiger partial charge on any atom is -0.495 e. The zero-order valence-corrected chi connectivity index (χ0v) is 18.9. The Balaban J connectivity index is 1.54. The molecule has 5 rings (SSSR count). The third-order valence-corrected chi connectivity index (χ3v) is 5.91. The summed E-state index contributed by atoms with van der Waals surface area (Å²) in [6.07, 6.45) is 7.04. The van der Waals surface area contributed by atoms with Gasteiger partial charge in [0.2, 0.25) is 0 Å². The summed E-state index contributed by atoms with van der Waals surface area (Å²) < 4.78 is 20.9. The molecule has 0 fully saturated rings. The lowest BCUT2D eigenvalue weighted by Crippen LogP contribution is -2.30. The third-order valence-electron chi connectivity index (χ3n) is 5.91. The quantitative estimate of drug-likeness (QED) is 0.406. The second-order valence-electron chi connectivity index (χ2n) is 8.08. The Labute approximate surface area is 196 Å². The number of imidazole rings is 1. The molecule has 1 amide bonds. The van der Waals surface area contributed by atoms with Crippen molar-refractivity contribution in [2.75, 3.05) is 12.0 Å². The molecule has 34 heavy (non-hydrogen) atoms. The number of rotatable bonds is 5. The van der Waals surface area contributed by atoms with Gasteiger partial charge in [0.1, 0.15) is 11.6 Å². The highest BCUT2D eigenvalue weighted by atomic mass is 19.1. The molecule has 2 aromatic heterocycles. The molecule has 1 aliphatic heterocycles. The number of methoxy groups -OCH3 is 1. The number of fused-ring (bicyclic) bond motifs is 1. The Morgan fingerprint density at radius 2 is 1.91 bits per heavy atom. The van der Waals surface area contributed by atoms with Crippen molar-refractivity contribution in [2.24, 2.45) is 0 Å². The molecule has 7 nitrogen and oxygen atoms in total. The van der Waals surface area contributed by atoms with Crippen molar-refractivity contribution in [3.63, 3.8) is 0 Å². The summed E-state index contributed by atoms with van der Waals surface area (Å²) in [4.78, 5) is 19.4. The number of amides is 1. The van der Waals surface area contributed by atoms with E-state index in [1.54, 1.807) is 42.7 Å². The van der Waals surface area contributed by atoms with Crippen molar-refractivity contribution in [1.82, 2.24) is 19.7 Å². The van der Waals surface area contributed by atoms with E-state index in [4.69, 9.17) is 4.74 Å². The van der Waals surface area contributed by atoms with Gasteiger partial charge in [0.15, 0.2) is 5.82 Å². The minimum atomic E-state index is -0.351. The van der Waals surface area contributed by atoms with Crippen LogP contribution >= 0.6 is 0 Å². The Bertz CT molecular complexity index is 1410. The van der Waals surface area contributed by atoms with Crippen molar-refractivity contribution < 1.29 is 13.9 Å². The van der Waals surface area contributed by atoms with Gasteiger partial charge in [0.05, 0.1) is 42.6 Å². The number of carbonyl (C=O) groups is 1. The maximum Gasteiger partial charge on any atom is 0.260 e. The highest BCUT2D eigenvalue weighted by Gasteiger charge is 2.37. The Morgan fingerprint density at radius 3 is 2.62 bits per heavy atom. The lowest BCUT2D eigenvalue weighted by molar-refractivity contribution is -0.113. The molecule has 0 saturated heterocycles. The topological polar surface area (TPSA) is 73.1 Å². The van der Waals surface area contributed by atoms with Gasteiger partial charge in [-0.3, -0.25) is 9.69 Å². The van der Waals surface area contributed by atoms with Crippen LogP contribution in [0.15, 0.2) is 67.3 Å². The third kappa shape index (κ3) is 3.73. The van der Waals surface area contributed by atoms with Crippen LogP contribution in [0.2, 0.25) is 0 Å². The van der Waals surface area contributed by atoms with Crippen LogP contribution in [0, 0.1) is 12.7 Å². The zero-order valence-electron chi connectivity index (χ0n) is 18.9. The molecular weight excluding hydrogens is 433 g/mol. The molecule has 1 unspecified atom stereocenters. The van der Waals surface area contributed by atoms with Crippen LogP contribution in [-0.2, 0) is 4.79 Å². The molecule has 3 heterocycles. The first-order chi connectivity index (χ1) is 16.5. The lowest BCUT2D eigenvalue weighted by atomic mass is 10.0. The van der Waals surface area contributed by atoms with Gasteiger partial charge in [-0.1, -0.05) is 18.2 Å². The van der Waals surface area contributed by atoms with E-state index in [9.17, 15) is 9.18 Å². The maximum atomic E-state index is 13.6. The molecule has 2 aromatic carbocycles. The van der Waals surface area contributed by atoms with E-state index < -0.39 is 0 Å². The van der Waals surface area contributed by atoms with Crippen molar-refractivity contribution in [3.05, 3.63) is 95.5 Å². The molecule has 0 spiro atoms. The highest BCUT2D eigenvalue weighted by Crippen LogP contribution is 2.41. The summed E-state index contributed by atoms with van der Waals surface area (Å²) in [5.41, 5.74) is 4.56.